The van der Waals surface area contributed by atoms with E-state index < -0.39 is 0 Å². The van der Waals surface area contributed by atoms with Crippen molar-refractivity contribution in [1.29, 1.82) is 0 Å². The standard InChI is InChI=1S/C52H35N/c1-3-12-36(13-4-1)42-17-9-20-46(32-42)53(47-21-10-18-43(33-47)37-14-5-2-6-15-37)48-22-11-19-44(34-48)45-31-26-39-25-28-41-30-29-40-27-24-38-16-7-8-23-49(38)51(40)52(41)50(39)35-45/h1-35H. The second kappa shape index (κ2) is 13.0. The molecule has 0 saturated carbocycles. The van der Waals surface area contributed by atoms with E-state index in [0.717, 1.165) is 17.1 Å². The van der Waals surface area contributed by atoms with Crippen LogP contribution in [0.2, 0.25) is 0 Å². The lowest BCUT2D eigenvalue weighted by Gasteiger charge is -2.27. The third-order valence-electron chi connectivity index (χ3n) is 10.6. The maximum Gasteiger partial charge on any atom is 0.0467 e. The van der Waals surface area contributed by atoms with Crippen molar-refractivity contribution in [3.63, 3.8) is 0 Å². The van der Waals surface area contributed by atoms with Crippen LogP contribution in [0.15, 0.2) is 212 Å². The van der Waals surface area contributed by atoms with Gasteiger partial charge in [0.2, 0.25) is 0 Å². The Bertz CT molecular complexity index is 2850. The van der Waals surface area contributed by atoms with Crippen LogP contribution in [0.1, 0.15) is 0 Å². The first-order valence-corrected chi connectivity index (χ1v) is 18.3. The van der Waals surface area contributed by atoms with Gasteiger partial charge in [-0.2, -0.15) is 0 Å². The van der Waals surface area contributed by atoms with Gasteiger partial charge in [0.1, 0.15) is 0 Å². The fourth-order valence-corrected chi connectivity index (χ4v) is 8.00. The van der Waals surface area contributed by atoms with Gasteiger partial charge in [0.15, 0.2) is 0 Å². The number of nitrogens with zero attached hydrogens (tertiary/aromatic N) is 1. The summed E-state index contributed by atoms with van der Waals surface area (Å²) in [6, 6.07) is 77.3. The first-order valence-electron chi connectivity index (χ1n) is 18.3. The van der Waals surface area contributed by atoms with Crippen LogP contribution in [0.25, 0.3) is 76.5 Å². The molecular formula is C52H35N. The minimum absolute atomic E-state index is 1.10. The summed E-state index contributed by atoms with van der Waals surface area (Å²) in [7, 11) is 0. The predicted octanol–water partition coefficient (Wildman–Crippen LogP) is 14.8. The van der Waals surface area contributed by atoms with Crippen LogP contribution in [0.3, 0.4) is 0 Å². The number of anilines is 3. The molecule has 0 fully saturated rings. The van der Waals surface area contributed by atoms with Crippen LogP contribution >= 0.6 is 0 Å². The molecule has 0 N–H and O–H groups in total. The minimum Gasteiger partial charge on any atom is -0.310 e. The van der Waals surface area contributed by atoms with Gasteiger partial charge in [-0.1, -0.05) is 170 Å². The molecule has 0 bridgehead atoms. The van der Waals surface area contributed by atoms with Gasteiger partial charge in [-0.05, 0) is 119 Å². The Balaban J connectivity index is 1.15. The zero-order valence-corrected chi connectivity index (χ0v) is 29.2. The van der Waals surface area contributed by atoms with Gasteiger partial charge in [0.25, 0.3) is 0 Å². The summed E-state index contributed by atoms with van der Waals surface area (Å²) in [6.07, 6.45) is 0. The van der Waals surface area contributed by atoms with Crippen LogP contribution in [-0.2, 0) is 0 Å². The fraction of sp³-hybridized carbons (Fsp3) is 0. The summed E-state index contributed by atoms with van der Waals surface area (Å²) in [5.41, 5.74) is 10.5. The van der Waals surface area contributed by atoms with Crippen molar-refractivity contribution in [2.75, 3.05) is 4.90 Å². The van der Waals surface area contributed by atoms with Gasteiger partial charge in [-0.3, -0.25) is 0 Å². The van der Waals surface area contributed by atoms with Gasteiger partial charge >= 0.3 is 0 Å². The van der Waals surface area contributed by atoms with Gasteiger partial charge in [0, 0.05) is 17.1 Å². The van der Waals surface area contributed by atoms with Crippen molar-refractivity contribution >= 4 is 60.2 Å². The molecule has 0 atom stereocenters. The lowest BCUT2D eigenvalue weighted by Crippen LogP contribution is -2.10. The average molecular weight is 674 g/mol. The zero-order chi connectivity index (χ0) is 35.1. The molecule has 1 heteroatoms. The van der Waals surface area contributed by atoms with E-state index in [9.17, 15) is 0 Å². The summed E-state index contributed by atoms with van der Waals surface area (Å²) < 4.78 is 0. The van der Waals surface area contributed by atoms with Gasteiger partial charge in [0.05, 0.1) is 0 Å². The second-order valence-corrected chi connectivity index (χ2v) is 13.8. The fourth-order valence-electron chi connectivity index (χ4n) is 8.00. The first kappa shape index (κ1) is 30.8. The quantitative estimate of drug-likeness (QED) is 0.159. The van der Waals surface area contributed by atoms with Crippen LogP contribution in [0.4, 0.5) is 17.1 Å². The molecule has 0 aliphatic rings. The van der Waals surface area contributed by atoms with E-state index in [0.29, 0.717) is 0 Å². The highest BCUT2D eigenvalue weighted by Gasteiger charge is 2.16. The molecule has 10 rings (SSSR count). The SMILES string of the molecule is c1ccc(-c2cccc(N(c3cccc(-c4ccccc4)c3)c3cccc(-c4ccc5ccc6ccc7ccc8ccccc8c7c6c5c4)c3)c2)cc1. The van der Waals surface area contributed by atoms with Crippen LogP contribution < -0.4 is 4.90 Å². The number of benzene rings is 10. The van der Waals surface area contributed by atoms with Crippen LogP contribution in [-0.4, -0.2) is 0 Å². The highest BCUT2D eigenvalue weighted by molar-refractivity contribution is 6.27. The Hall–Kier alpha value is -6.96. The van der Waals surface area contributed by atoms with Gasteiger partial charge < -0.3 is 4.90 Å². The molecule has 0 spiro atoms. The number of hydrogen-bond acceptors (Lipinski definition) is 1. The largest absolute Gasteiger partial charge is 0.310 e. The van der Waals surface area contributed by atoms with E-state index in [1.54, 1.807) is 0 Å². The maximum absolute atomic E-state index is 2.40. The Morgan fingerprint density at radius 2 is 0.604 bits per heavy atom. The first-order chi connectivity index (χ1) is 26.3. The topological polar surface area (TPSA) is 3.24 Å². The summed E-state index contributed by atoms with van der Waals surface area (Å²) >= 11 is 0. The Morgan fingerprint density at radius 3 is 1.15 bits per heavy atom. The average Bonchev–Trinajstić information content (AvgIpc) is 3.24. The van der Waals surface area contributed by atoms with E-state index in [2.05, 4.69) is 217 Å². The lowest BCUT2D eigenvalue weighted by atomic mass is 9.91. The van der Waals surface area contributed by atoms with E-state index >= 15 is 0 Å². The number of fused-ring (bicyclic) bond motifs is 7. The molecule has 0 unspecified atom stereocenters. The van der Waals surface area contributed by atoms with Crippen molar-refractivity contribution in [2.24, 2.45) is 0 Å². The molecule has 10 aromatic carbocycles. The molecule has 0 heterocycles. The molecule has 0 saturated heterocycles. The summed E-state index contributed by atoms with van der Waals surface area (Å²) in [4.78, 5) is 2.39. The van der Waals surface area contributed by atoms with Crippen LogP contribution in [0.5, 0.6) is 0 Å². The smallest absolute Gasteiger partial charge is 0.0467 e. The molecule has 248 valence electrons. The van der Waals surface area contributed by atoms with Crippen LogP contribution in [0, 0.1) is 0 Å². The Kier molecular flexibility index (Phi) is 7.55. The summed E-state index contributed by atoms with van der Waals surface area (Å²) in [6.45, 7) is 0. The molecule has 0 radical (unpaired) electrons. The molecule has 0 amide bonds. The lowest BCUT2D eigenvalue weighted by molar-refractivity contribution is 1.28. The Morgan fingerprint density at radius 1 is 0.226 bits per heavy atom. The molecule has 10 aromatic rings. The monoisotopic (exact) mass is 673 g/mol. The van der Waals surface area contributed by atoms with Crippen molar-refractivity contribution in [2.45, 2.75) is 0 Å². The van der Waals surface area contributed by atoms with Crippen molar-refractivity contribution in [3.8, 4) is 33.4 Å². The van der Waals surface area contributed by atoms with E-state index in [4.69, 9.17) is 0 Å². The van der Waals surface area contributed by atoms with E-state index in [1.165, 1.54) is 76.5 Å². The summed E-state index contributed by atoms with van der Waals surface area (Å²) in [5, 5.41) is 10.2. The zero-order valence-electron chi connectivity index (χ0n) is 29.2. The van der Waals surface area contributed by atoms with Crippen molar-refractivity contribution in [3.05, 3.63) is 212 Å². The second-order valence-electron chi connectivity index (χ2n) is 13.8. The molecule has 0 aromatic heterocycles. The van der Waals surface area contributed by atoms with Gasteiger partial charge in [-0.25, -0.2) is 0 Å². The normalized spacial score (nSPS) is 11.4. The van der Waals surface area contributed by atoms with Crippen molar-refractivity contribution in [1.82, 2.24) is 0 Å². The predicted molar refractivity (Wildman–Crippen MR) is 227 cm³/mol. The summed E-state index contributed by atoms with van der Waals surface area (Å²) in [5.74, 6) is 0. The third-order valence-corrected chi connectivity index (χ3v) is 10.6. The number of rotatable bonds is 6. The molecular weight excluding hydrogens is 639 g/mol. The third kappa shape index (κ3) is 5.60. The van der Waals surface area contributed by atoms with E-state index in [1.807, 2.05) is 0 Å². The molecule has 1 nitrogen and oxygen atoms in total. The van der Waals surface area contributed by atoms with Crippen molar-refractivity contribution < 1.29 is 0 Å². The van der Waals surface area contributed by atoms with Gasteiger partial charge in [-0.15, -0.1) is 0 Å². The molecule has 0 aliphatic carbocycles. The maximum atomic E-state index is 2.40. The molecule has 53 heavy (non-hydrogen) atoms. The van der Waals surface area contributed by atoms with E-state index in [-0.39, 0.29) is 0 Å². The highest BCUT2D eigenvalue weighted by Crippen LogP contribution is 2.41. The Labute approximate surface area is 309 Å². The molecule has 0 aliphatic heterocycles. The number of hydrogen-bond donors (Lipinski definition) is 0. The minimum atomic E-state index is 1.10. The highest BCUT2D eigenvalue weighted by atomic mass is 15.1.